The highest BCUT2D eigenvalue weighted by molar-refractivity contribution is 5.90. The third kappa shape index (κ3) is 3.05. The summed E-state index contributed by atoms with van der Waals surface area (Å²) in [5.74, 6) is -1.32. The summed E-state index contributed by atoms with van der Waals surface area (Å²) < 4.78 is 0. The van der Waals surface area contributed by atoms with Gasteiger partial charge in [-0.1, -0.05) is 24.6 Å². The molecule has 1 aliphatic heterocycles. The van der Waals surface area contributed by atoms with Crippen molar-refractivity contribution in [2.75, 3.05) is 18.4 Å². The molecule has 0 aromatic heterocycles. The number of nitrogens with zero attached hydrogens (tertiary/aromatic N) is 1. The Kier molecular flexibility index (Phi) is 3.74. The zero-order chi connectivity index (χ0) is 14.0. The van der Waals surface area contributed by atoms with Crippen LogP contribution in [0.2, 0.25) is 0 Å². The number of hydrogen-bond donors (Lipinski definition) is 2. The van der Waals surface area contributed by atoms with E-state index in [0.29, 0.717) is 6.54 Å². The van der Waals surface area contributed by atoms with Crippen molar-refractivity contribution in [2.24, 2.45) is 11.8 Å². The van der Waals surface area contributed by atoms with E-state index in [1.54, 1.807) is 4.90 Å². The lowest BCUT2D eigenvalue weighted by Gasteiger charge is -2.16. The Labute approximate surface area is 112 Å². The van der Waals surface area contributed by atoms with E-state index < -0.39 is 11.9 Å². The summed E-state index contributed by atoms with van der Waals surface area (Å²) in [5, 5.41) is 11.8. The van der Waals surface area contributed by atoms with Gasteiger partial charge in [-0.05, 0) is 25.0 Å². The molecule has 1 fully saturated rings. The molecule has 0 unspecified atom stereocenters. The van der Waals surface area contributed by atoms with Gasteiger partial charge in [0.2, 0.25) is 0 Å². The Morgan fingerprint density at radius 2 is 1.89 bits per heavy atom. The van der Waals surface area contributed by atoms with Crippen LogP contribution in [-0.2, 0) is 4.79 Å². The lowest BCUT2D eigenvalue weighted by atomic mass is 9.99. The molecule has 1 heterocycles. The maximum Gasteiger partial charge on any atom is 0.321 e. The number of anilines is 1. The summed E-state index contributed by atoms with van der Waals surface area (Å²) in [7, 11) is 0. The topological polar surface area (TPSA) is 69.6 Å². The number of aliphatic carboxylic acids is 1. The van der Waals surface area contributed by atoms with Gasteiger partial charge in [0.15, 0.2) is 0 Å². The summed E-state index contributed by atoms with van der Waals surface area (Å²) in [6.07, 6.45) is 0. The van der Waals surface area contributed by atoms with Gasteiger partial charge in [-0.25, -0.2) is 4.79 Å². The fourth-order valence-corrected chi connectivity index (χ4v) is 2.29. The van der Waals surface area contributed by atoms with Crippen LogP contribution >= 0.6 is 0 Å². The van der Waals surface area contributed by atoms with E-state index in [0.717, 1.165) is 11.3 Å². The van der Waals surface area contributed by atoms with E-state index in [1.807, 2.05) is 38.1 Å². The van der Waals surface area contributed by atoms with Crippen LogP contribution in [0.5, 0.6) is 0 Å². The Morgan fingerprint density at radius 3 is 2.42 bits per heavy atom. The van der Waals surface area contributed by atoms with Gasteiger partial charge in [0.05, 0.1) is 5.92 Å². The van der Waals surface area contributed by atoms with Crippen LogP contribution in [-0.4, -0.2) is 35.1 Å². The number of aryl methyl sites for hydroxylation is 1. The average molecular weight is 262 g/mol. The standard InChI is InChI=1S/C14H18N2O3/c1-9-3-5-11(6-4-9)15-14(19)16-7-10(2)12(8-16)13(17)18/h3-6,10,12H,7-8H2,1-2H3,(H,15,19)(H,17,18)/t10-,12-/m1/s1. The molecular weight excluding hydrogens is 244 g/mol. The fraction of sp³-hybridized carbons (Fsp3) is 0.429. The first-order valence-corrected chi connectivity index (χ1v) is 6.33. The minimum atomic E-state index is -0.835. The third-order valence-electron chi connectivity index (χ3n) is 3.52. The van der Waals surface area contributed by atoms with Gasteiger partial charge in [-0.3, -0.25) is 4.79 Å². The van der Waals surface area contributed by atoms with Crippen molar-refractivity contribution in [2.45, 2.75) is 13.8 Å². The van der Waals surface area contributed by atoms with Gasteiger partial charge in [-0.2, -0.15) is 0 Å². The second-order valence-electron chi connectivity index (χ2n) is 5.12. The van der Waals surface area contributed by atoms with Crippen molar-refractivity contribution in [3.63, 3.8) is 0 Å². The Bertz CT molecular complexity index is 484. The first kappa shape index (κ1) is 13.4. The molecular formula is C14H18N2O3. The van der Waals surface area contributed by atoms with Crippen molar-refractivity contribution in [1.82, 2.24) is 4.90 Å². The number of amides is 2. The van der Waals surface area contributed by atoms with Crippen LogP contribution in [0.15, 0.2) is 24.3 Å². The third-order valence-corrected chi connectivity index (χ3v) is 3.52. The molecule has 102 valence electrons. The number of nitrogens with one attached hydrogen (secondary N) is 1. The molecule has 5 heteroatoms. The average Bonchev–Trinajstić information content (AvgIpc) is 2.74. The molecule has 1 aromatic rings. The largest absolute Gasteiger partial charge is 0.481 e. The number of carboxylic acid groups (broad SMARTS) is 1. The van der Waals surface area contributed by atoms with Crippen LogP contribution in [0.25, 0.3) is 0 Å². The second-order valence-corrected chi connectivity index (χ2v) is 5.12. The molecule has 0 saturated carbocycles. The Balaban J connectivity index is 1.98. The lowest BCUT2D eigenvalue weighted by molar-refractivity contribution is -0.142. The van der Waals surface area contributed by atoms with E-state index in [1.165, 1.54) is 0 Å². The van der Waals surface area contributed by atoms with Gasteiger partial charge in [0.1, 0.15) is 0 Å². The summed E-state index contributed by atoms with van der Waals surface area (Å²) in [6.45, 7) is 4.59. The number of carbonyl (C=O) groups is 2. The van der Waals surface area contributed by atoms with E-state index in [-0.39, 0.29) is 18.5 Å². The van der Waals surface area contributed by atoms with E-state index in [9.17, 15) is 9.59 Å². The highest BCUT2D eigenvalue weighted by Gasteiger charge is 2.36. The minimum Gasteiger partial charge on any atom is -0.481 e. The molecule has 0 radical (unpaired) electrons. The maximum atomic E-state index is 12.0. The van der Waals surface area contributed by atoms with Gasteiger partial charge in [0.25, 0.3) is 0 Å². The number of carbonyl (C=O) groups excluding carboxylic acids is 1. The van der Waals surface area contributed by atoms with Crippen LogP contribution in [0.3, 0.4) is 0 Å². The molecule has 0 bridgehead atoms. The molecule has 2 N–H and O–H groups in total. The fourth-order valence-electron chi connectivity index (χ4n) is 2.29. The number of urea groups is 1. The molecule has 2 atom stereocenters. The Hall–Kier alpha value is -2.04. The maximum absolute atomic E-state index is 12.0. The van der Waals surface area contributed by atoms with Crippen LogP contribution in [0, 0.1) is 18.8 Å². The zero-order valence-electron chi connectivity index (χ0n) is 11.1. The zero-order valence-corrected chi connectivity index (χ0v) is 11.1. The number of rotatable bonds is 2. The predicted octanol–water partition coefficient (Wildman–Crippen LogP) is 2.18. The van der Waals surface area contributed by atoms with Crippen LogP contribution < -0.4 is 5.32 Å². The molecule has 2 rings (SSSR count). The highest BCUT2D eigenvalue weighted by Crippen LogP contribution is 2.23. The SMILES string of the molecule is Cc1ccc(NC(=O)N2C[C@@H](C)[C@H](C(=O)O)C2)cc1. The van der Waals surface area contributed by atoms with Gasteiger partial charge in [0, 0.05) is 18.8 Å². The van der Waals surface area contributed by atoms with E-state index in [4.69, 9.17) is 5.11 Å². The molecule has 5 nitrogen and oxygen atoms in total. The first-order valence-electron chi connectivity index (χ1n) is 6.33. The number of hydrogen-bond acceptors (Lipinski definition) is 2. The van der Waals surface area contributed by atoms with Crippen molar-refractivity contribution >= 4 is 17.7 Å². The van der Waals surface area contributed by atoms with Gasteiger partial charge < -0.3 is 15.3 Å². The predicted molar refractivity (Wildman–Crippen MR) is 72.1 cm³/mol. The molecule has 1 aromatic carbocycles. The number of benzene rings is 1. The van der Waals surface area contributed by atoms with Gasteiger partial charge >= 0.3 is 12.0 Å². The summed E-state index contributed by atoms with van der Waals surface area (Å²) >= 11 is 0. The minimum absolute atomic E-state index is 0.0127. The molecule has 0 aliphatic carbocycles. The van der Waals surface area contributed by atoms with Crippen molar-refractivity contribution in [3.05, 3.63) is 29.8 Å². The highest BCUT2D eigenvalue weighted by atomic mass is 16.4. The van der Waals surface area contributed by atoms with Crippen molar-refractivity contribution in [3.8, 4) is 0 Å². The van der Waals surface area contributed by atoms with E-state index >= 15 is 0 Å². The van der Waals surface area contributed by atoms with Gasteiger partial charge in [-0.15, -0.1) is 0 Å². The Morgan fingerprint density at radius 1 is 1.26 bits per heavy atom. The normalized spacial score (nSPS) is 22.3. The molecule has 2 amide bonds. The van der Waals surface area contributed by atoms with Crippen molar-refractivity contribution in [1.29, 1.82) is 0 Å². The van der Waals surface area contributed by atoms with Crippen LogP contribution in [0.4, 0.5) is 10.5 Å². The number of likely N-dealkylation sites (tertiary alicyclic amines) is 1. The second kappa shape index (κ2) is 5.30. The molecule has 19 heavy (non-hydrogen) atoms. The summed E-state index contributed by atoms with van der Waals surface area (Å²) in [6, 6.07) is 7.27. The van der Waals surface area contributed by atoms with E-state index in [2.05, 4.69) is 5.32 Å². The summed E-state index contributed by atoms with van der Waals surface area (Å²) in [5.41, 5.74) is 1.85. The summed E-state index contributed by atoms with van der Waals surface area (Å²) in [4.78, 5) is 24.6. The molecule has 0 spiro atoms. The van der Waals surface area contributed by atoms with Crippen LogP contribution in [0.1, 0.15) is 12.5 Å². The monoisotopic (exact) mass is 262 g/mol. The quantitative estimate of drug-likeness (QED) is 0.858. The lowest BCUT2D eigenvalue weighted by Crippen LogP contribution is -2.33. The van der Waals surface area contributed by atoms with Crippen molar-refractivity contribution < 1.29 is 14.7 Å². The molecule has 1 aliphatic rings. The first-order chi connectivity index (χ1) is 8.97. The molecule has 1 saturated heterocycles. The smallest absolute Gasteiger partial charge is 0.321 e. The number of carboxylic acids is 1.